The number of hydrogen-bond acceptors (Lipinski definition) is 1. The van der Waals surface area contributed by atoms with E-state index in [1.165, 1.54) is 116 Å². The van der Waals surface area contributed by atoms with Crippen molar-refractivity contribution in [3.05, 3.63) is 22.4 Å². The van der Waals surface area contributed by atoms with Crippen LogP contribution in [-0.4, -0.2) is 0 Å². The summed E-state index contributed by atoms with van der Waals surface area (Å²) in [5.41, 5.74) is 1.54. The van der Waals surface area contributed by atoms with Crippen LogP contribution in [0.3, 0.4) is 0 Å². The van der Waals surface area contributed by atoms with Crippen LogP contribution in [-0.2, 0) is 6.42 Å². The molecule has 1 heterocycles. The van der Waals surface area contributed by atoms with Gasteiger partial charge in [0.1, 0.15) is 0 Å². The van der Waals surface area contributed by atoms with E-state index >= 15 is 0 Å². The lowest BCUT2D eigenvalue weighted by atomic mass is 10.0. The van der Waals surface area contributed by atoms with Crippen molar-refractivity contribution >= 4 is 11.3 Å². The Kier molecular flexibility index (Phi) is 15.9. The van der Waals surface area contributed by atoms with E-state index in [1.807, 2.05) is 11.3 Å². The molecule has 0 saturated heterocycles. The van der Waals surface area contributed by atoms with E-state index in [0.29, 0.717) is 0 Å². The van der Waals surface area contributed by atoms with Gasteiger partial charge < -0.3 is 0 Å². The van der Waals surface area contributed by atoms with Gasteiger partial charge in [-0.1, -0.05) is 110 Å². The van der Waals surface area contributed by atoms with Crippen LogP contribution < -0.4 is 0 Å². The Bertz CT molecular complexity index is 328. The Morgan fingerprint density at radius 2 is 1.00 bits per heavy atom. The minimum absolute atomic E-state index is 1.29. The fourth-order valence-electron chi connectivity index (χ4n) is 3.49. The van der Waals surface area contributed by atoms with E-state index in [9.17, 15) is 0 Å². The number of thiophene rings is 1. The zero-order valence-corrected chi connectivity index (χ0v) is 17.2. The molecule has 0 aliphatic carbocycles. The molecular formula is C23H42S. The molecule has 0 nitrogen and oxygen atoms in total. The van der Waals surface area contributed by atoms with Crippen LogP contribution in [0.5, 0.6) is 0 Å². The van der Waals surface area contributed by atoms with Crippen LogP contribution in [0.1, 0.15) is 122 Å². The molecule has 0 spiro atoms. The van der Waals surface area contributed by atoms with E-state index in [-0.39, 0.29) is 0 Å². The van der Waals surface area contributed by atoms with Crippen molar-refractivity contribution in [1.82, 2.24) is 0 Å². The highest BCUT2D eigenvalue weighted by Gasteiger charge is 1.96. The van der Waals surface area contributed by atoms with E-state index in [4.69, 9.17) is 0 Å². The van der Waals surface area contributed by atoms with Gasteiger partial charge in [0.25, 0.3) is 0 Å². The van der Waals surface area contributed by atoms with E-state index in [1.54, 1.807) is 5.56 Å². The SMILES string of the molecule is CCCCCCCCCCCCCCCCCCCc1ccsc1. The monoisotopic (exact) mass is 350 g/mol. The van der Waals surface area contributed by atoms with Crippen LogP contribution in [0, 0.1) is 0 Å². The van der Waals surface area contributed by atoms with Gasteiger partial charge >= 0.3 is 0 Å². The second kappa shape index (κ2) is 17.5. The fraction of sp³-hybridized carbons (Fsp3) is 0.826. The highest BCUT2D eigenvalue weighted by Crippen LogP contribution is 2.15. The zero-order chi connectivity index (χ0) is 17.1. The molecule has 1 aromatic heterocycles. The van der Waals surface area contributed by atoms with Gasteiger partial charge in [-0.05, 0) is 35.2 Å². The summed E-state index contributed by atoms with van der Waals surface area (Å²) in [5.74, 6) is 0. The molecule has 1 heteroatoms. The lowest BCUT2D eigenvalue weighted by molar-refractivity contribution is 0.527. The molecule has 0 aromatic carbocycles. The van der Waals surface area contributed by atoms with Crippen molar-refractivity contribution in [1.29, 1.82) is 0 Å². The second-order valence-electron chi connectivity index (χ2n) is 7.54. The van der Waals surface area contributed by atoms with Gasteiger partial charge in [-0.2, -0.15) is 11.3 Å². The Labute approximate surface area is 156 Å². The van der Waals surface area contributed by atoms with Gasteiger partial charge in [-0.25, -0.2) is 0 Å². The van der Waals surface area contributed by atoms with Gasteiger partial charge in [0, 0.05) is 0 Å². The van der Waals surface area contributed by atoms with Gasteiger partial charge in [-0.3, -0.25) is 0 Å². The van der Waals surface area contributed by atoms with E-state index in [2.05, 4.69) is 23.8 Å². The molecule has 0 radical (unpaired) electrons. The number of aryl methyl sites for hydroxylation is 1. The van der Waals surface area contributed by atoms with Crippen molar-refractivity contribution in [3.8, 4) is 0 Å². The number of unbranched alkanes of at least 4 members (excludes halogenated alkanes) is 16. The summed E-state index contributed by atoms with van der Waals surface area (Å²) in [6, 6.07) is 2.27. The topological polar surface area (TPSA) is 0 Å². The standard InChI is InChI=1S/C23H42S/c1-2-3-4-5-6-7-8-9-10-11-12-13-14-15-16-17-18-19-23-20-21-24-22-23/h20-22H,2-19H2,1H3. The minimum atomic E-state index is 1.29. The van der Waals surface area contributed by atoms with Crippen LogP contribution in [0.2, 0.25) is 0 Å². The third-order valence-corrected chi connectivity index (χ3v) is 5.88. The Balaban J connectivity index is 1.66. The van der Waals surface area contributed by atoms with Gasteiger partial charge in [0.15, 0.2) is 0 Å². The molecule has 0 fully saturated rings. The Hall–Kier alpha value is -0.300. The van der Waals surface area contributed by atoms with Crippen molar-refractivity contribution in [3.63, 3.8) is 0 Å². The van der Waals surface area contributed by atoms with Gasteiger partial charge in [0.05, 0.1) is 0 Å². The third kappa shape index (κ3) is 14.1. The van der Waals surface area contributed by atoms with Gasteiger partial charge in [-0.15, -0.1) is 0 Å². The molecule has 1 aromatic rings. The highest BCUT2D eigenvalue weighted by molar-refractivity contribution is 7.07. The molecule has 0 amide bonds. The Morgan fingerprint density at radius 3 is 1.38 bits per heavy atom. The molecule has 0 aliphatic rings. The number of rotatable bonds is 18. The Morgan fingerprint density at radius 1 is 0.583 bits per heavy atom. The molecule has 0 atom stereocenters. The lowest BCUT2D eigenvalue weighted by Crippen LogP contribution is -1.85. The molecule has 1 rings (SSSR count). The largest absolute Gasteiger partial charge is 0.152 e. The van der Waals surface area contributed by atoms with Gasteiger partial charge in [0.2, 0.25) is 0 Å². The molecule has 0 N–H and O–H groups in total. The molecule has 0 saturated carbocycles. The smallest absolute Gasteiger partial charge is 0.00613 e. The van der Waals surface area contributed by atoms with Crippen molar-refractivity contribution in [2.45, 2.75) is 122 Å². The van der Waals surface area contributed by atoms with Crippen molar-refractivity contribution < 1.29 is 0 Å². The summed E-state index contributed by atoms with van der Waals surface area (Å²) >= 11 is 1.83. The molecular weight excluding hydrogens is 308 g/mol. The maximum absolute atomic E-state index is 2.30. The molecule has 0 bridgehead atoms. The predicted octanol–water partition coefficient (Wildman–Crippen LogP) is 8.94. The summed E-state index contributed by atoms with van der Waals surface area (Å²) in [4.78, 5) is 0. The normalized spacial score (nSPS) is 11.2. The average molecular weight is 351 g/mol. The van der Waals surface area contributed by atoms with Crippen LogP contribution >= 0.6 is 11.3 Å². The van der Waals surface area contributed by atoms with Crippen molar-refractivity contribution in [2.75, 3.05) is 0 Å². The highest BCUT2D eigenvalue weighted by atomic mass is 32.1. The first kappa shape index (κ1) is 21.7. The predicted molar refractivity (Wildman–Crippen MR) is 112 cm³/mol. The lowest BCUT2D eigenvalue weighted by Gasteiger charge is -2.03. The van der Waals surface area contributed by atoms with Crippen LogP contribution in [0.4, 0.5) is 0 Å². The third-order valence-electron chi connectivity index (χ3n) is 5.15. The van der Waals surface area contributed by atoms with E-state index < -0.39 is 0 Å². The molecule has 0 aliphatic heterocycles. The molecule has 24 heavy (non-hydrogen) atoms. The summed E-state index contributed by atoms with van der Waals surface area (Å²) in [6.45, 7) is 2.30. The molecule has 140 valence electrons. The first-order chi connectivity index (χ1) is 11.9. The minimum Gasteiger partial charge on any atom is -0.152 e. The van der Waals surface area contributed by atoms with E-state index in [0.717, 1.165) is 0 Å². The summed E-state index contributed by atoms with van der Waals surface area (Å²) in [7, 11) is 0. The summed E-state index contributed by atoms with van der Waals surface area (Å²) < 4.78 is 0. The maximum Gasteiger partial charge on any atom is -0.00613 e. The summed E-state index contributed by atoms with van der Waals surface area (Å²) in [5, 5.41) is 4.50. The van der Waals surface area contributed by atoms with Crippen molar-refractivity contribution in [2.24, 2.45) is 0 Å². The zero-order valence-electron chi connectivity index (χ0n) is 16.4. The second-order valence-corrected chi connectivity index (χ2v) is 8.32. The number of hydrogen-bond donors (Lipinski definition) is 0. The van der Waals surface area contributed by atoms with Crippen LogP contribution in [0.15, 0.2) is 16.8 Å². The first-order valence-corrected chi connectivity index (χ1v) is 11.9. The fourth-order valence-corrected chi connectivity index (χ4v) is 4.19. The quantitative estimate of drug-likeness (QED) is 0.232. The maximum atomic E-state index is 2.30. The first-order valence-electron chi connectivity index (χ1n) is 10.9. The van der Waals surface area contributed by atoms with Crippen LogP contribution in [0.25, 0.3) is 0 Å². The average Bonchev–Trinajstić information content (AvgIpc) is 3.11. The summed E-state index contributed by atoms with van der Waals surface area (Å²) in [6.07, 6.45) is 26.1. The molecule has 0 unspecified atom stereocenters.